The van der Waals surface area contributed by atoms with Crippen LogP contribution in [0.1, 0.15) is 18.1 Å². The fourth-order valence-corrected chi connectivity index (χ4v) is 3.36. The molecule has 4 aromatic carbocycles. The summed E-state index contributed by atoms with van der Waals surface area (Å²) in [5.41, 5.74) is 3.41. The first kappa shape index (κ1) is 18.9. The number of benzene rings is 4. The number of hydrogen-bond acceptors (Lipinski definition) is 3. The van der Waals surface area contributed by atoms with Gasteiger partial charge in [-0.05, 0) is 41.6 Å². The zero-order chi connectivity index (χ0) is 19.9. The Labute approximate surface area is 171 Å². The first-order chi connectivity index (χ1) is 14.3. The molecule has 0 heterocycles. The average molecular weight is 383 g/mol. The van der Waals surface area contributed by atoms with Crippen LogP contribution >= 0.6 is 0 Å². The number of rotatable bonds is 8. The van der Waals surface area contributed by atoms with Gasteiger partial charge in [0, 0.05) is 17.6 Å². The van der Waals surface area contributed by atoms with Crippen molar-refractivity contribution in [3.05, 3.63) is 102 Å². The lowest BCUT2D eigenvalue weighted by atomic mass is 10.1. The van der Waals surface area contributed by atoms with Crippen LogP contribution in [0, 0.1) is 0 Å². The molecule has 0 spiro atoms. The van der Waals surface area contributed by atoms with Crippen LogP contribution in [0.3, 0.4) is 0 Å². The highest BCUT2D eigenvalue weighted by atomic mass is 16.5. The van der Waals surface area contributed by atoms with E-state index in [0.717, 1.165) is 28.3 Å². The van der Waals surface area contributed by atoms with Crippen molar-refractivity contribution in [1.82, 2.24) is 0 Å². The third kappa shape index (κ3) is 4.69. The first-order valence-corrected chi connectivity index (χ1v) is 9.97. The Bertz CT molecular complexity index is 1070. The molecule has 146 valence electrons. The van der Waals surface area contributed by atoms with Crippen LogP contribution in [0.5, 0.6) is 11.5 Å². The van der Waals surface area contributed by atoms with E-state index in [1.54, 1.807) is 0 Å². The van der Waals surface area contributed by atoms with Crippen molar-refractivity contribution in [2.45, 2.75) is 20.1 Å². The fourth-order valence-electron chi connectivity index (χ4n) is 3.36. The molecule has 0 saturated heterocycles. The summed E-state index contributed by atoms with van der Waals surface area (Å²) in [7, 11) is 0. The van der Waals surface area contributed by atoms with Crippen molar-refractivity contribution in [3.63, 3.8) is 0 Å². The van der Waals surface area contributed by atoms with Gasteiger partial charge in [-0.25, -0.2) is 0 Å². The van der Waals surface area contributed by atoms with E-state index in [1.165, 1.54) is 10.8 Å². The Morgan fingerprint density at radius 2 is 1.48 bits per heavy atom. The Balaban J connectivity index is 1.48. The van der Waals surface area contributed by atoms with Crippen LogP contribution in [0.2, 0.25) is 0 Å². The highest BCUT2D eigenvalue weighted by Gasteiger charge is 2.08. The highest BCUT2D eigenvalue weighted by Crippen LogP contribution is 2.30. The van der Waals surface area contributed by atoms with E-state index in [1.807, 2.05) is 31.2 Å². The minimum atomic E-state index is 0.522. The minimum Gasteiger partial charge on any atom is -0.490 e. The lowest BCUT2D eigenvalue weighted by molar-refractivity contribution is 0.269. The summed E-state index contributed by atoms with van der Waals surface area (Å²) in [4.78, 5) is 0. The third-order valence-electron chi connectivity index (χ3n) is 4.82. The number of fused-ring (bicyclic) bond motifs is 1. The van der Waals surface area contributed by atoms with Gasteiger partial charge in [-0.3, -0.25) is 0 Å². The molecule has 0 atom stereocenters. The molecule has 0 amide bonds. The monoisotopic (exact) mass is 383 g/mol. The summed E-state index contributed by atoms with van der Waals surface area (Å²) in [5.74, 6) is 1.55. The minimum absolute atomic E-state index is 0.522. The second kappa shape index (κ2) is 9.16. The molecule has 0 fully saturated rings. The molecule has 0 aliphatic heterocycles. The van der Waals surface area contributed by atoms with E-state index in [2.05, 4.69) is 72.0 Å². The fraction of sp³-hybridized carbons (Fsp3) is 0.154. The van der Waals surface area contributed by atoms with E-state index in [0.29, 0.717) is 19.8 Å². The van der Waals surface area contributed by atoms with Gasteiger partial charge in [0.15, 0.2) is 11.5 Å². The Morgan fingerprint density at radius 3 is 2.34 bits per heavy atom. The maximum absolute atomic E-state index is 6.01. The van der Waals surface area contributed by atoms with Crippen molar-refractivity contribution >= 4 is 16.5 Å². The van der Waals surface area contributed by atoms with Crippen LogP contribution in [0.4, 0.5) is 5.69 Å². The Hall–Kier alpha value is -3.46. The highest BCUT2D eigenvalue weighted by molar-refractivity contribution is 5.93. The molecule has 0 unspecified atom stereocenters. The van der Waals surface area contributed by atoms with E-state index in [-0.39, 0.29) is 0 Å². The SMILES string of the molecule is CCOc1cc(CNc2cccc3ccccc23)ccc1OCc1ccccc1. The Kier molecular flexibility index (Phi) is 5.96. The van der Waals surface area contributed by atoms with Crippen LogP contribution in [0.25, 0.3) is 10.8 Å². The topological polar surface area (TPSA) is 30.5 Å². The quantitative estimate of drug-likeness (QED) is 0.380. The van der Waals surface area contributed by atoms with Crippen molar-refractivity contribution in [2.75, 3.05) is 11.9 Å². The average Bonchev–Trinajstić information content (AvgIpc) is 2.78. The smallest absolute Gasteiger partial charge is 0.161 e. The number of ether oxygens (including phenoxy) is 2. The van der Waals surface area contributed by atoms with Crippen molar-refractivity contribution in [3.8, 4) is 11.5 Å². The van der Waals surface area contributed by atoms with E-state index < -0.39 is 0 Å². The molecule has 0 aliphatic carbocycles. The van der Waals surface area contributed by atoms with Crippen LogP contribution in [-0.4, -0.2) is 6.61 Å². The molecular weight excluding hydrogens is 358 g/mol. The molecular formula is C26H25NO2. The van der Waals surface area contributed by atoms with E-state index in [9.17, 15) is 0 Å². The summed E-state index contributed by atoms with van der Waals surface area (Å²) >= 11 is 0. The molecule has 0 radical (unpaired) electrons. The molecule has 4 aromatic rings. The summed E-state index contributed by atoms with van der Waals surface area (Å²) in [5, 5.41) is 6.01. The number of nitrogens with one attached hydrogen (secondary N) is 1. The maximum Gasteiger partial charge on any atom is 0.161 e. The molecule has 3 heteroatoms. The predicted molar refractivity (Wildman–Crippen MR) is 120 cm³/mol. The summed E-state index contributed by atoms with van der Waals surface area (Å²) in [6.45, 7) is 3.82. The first-order valence-electron chi connectivity index (χ1n) is 9.97. The third-order valence-corrected chi connectivity index (χ3v) is 4.82. The second-order valence-electron chi connectivity index (χ2n) is 6.87. The molecule has 1 N–H and O–H groups in total. The Morgan fingerprint density at radius 1 is 0.690 bits per heavy atom. The largest absolute Gasteiger partial charge is 0.490 e. The molecule has 29 heavy (non-hydrogen) atoms. The molecule has 3 nitrogen and oxygen atoms in total. The van der Waals surface area contributed by atoms with Crippen molar-refractivity contribution in [2.24, 2.45) is 0 Å². The lowest BCUT2D eigenvalue weighted by Crippen LogP contribution is -2.03. The van der Waals surface area contributed by atoms with Gasteiger partial charge < -0.3 is 14.8 Å². The molecule has 0 aromatic heterocycles. The zero-order valence-electron chi connectivity index (χ0n) is 16.6. The van der Waals surface area contributed by atoms with Gasteiger partial charge in [0.2, 0.25) is 0 Å². The summed E-state index contributed by atoms with van der Waals surface area (Å²) in [6.07, 6.45) is 0. The van der Waals surface area contributed by atoms with Gasteiger partial charge in [-0.2, -0.15) is 0 Å². The van der Waals surface area contributed by atoms with Crippen LogP contribution < -0.4 is 14.8 Å². The van der Waals surface area contributed by atoms with Crippen molar-refractivity contribution in [1.29, 1.82) is 0 Å². The van der Waals surface area contributed by atoms with Gasteiger partial charge in [0.25, 0.3) is 0 Å². The van der Waals surface area contributed by atoms with E-state index >= 15 is 0 Å². The van der Waals surface area contributed by atoms with Gasteiger partial charge in [0.1, 0.15) is 6.61 Å². The zero-order valence-corrected chi connectivity index (χ0v) is 16.6. The number of hydrogen-bond donors (Lipinski definition) is 1. The van der Waals surface area contributed by atoms with Gasteiger partial charge >= 0.3 is 0 Å². The van der Waals surface area contributed by atoms with Crippen LogP contribution in [0.15, 0.2) is 91.0 Å². The molecule has 0 aliphatic rings. The van der Waals surface area contributed by atoms with Gasteiger partial charge in [0.05, 0.1) is 6.61 Å². The second-order valence-corrected chi connectivity index (χ2v) is 6.87. The predicted octanol–water partition coefficient (Wildman–Crippen LogP) is 6.43. The summed E-state index contributed by atoms with van der Waals surface area (Å²) in [6, 6.07) is 31.0. The molecule has 0 saturated carbocycles. The van der Waals surface area contributed by atoms with Crippen LogP contribution in [-0.2, 0) is 13.2 Å². The summed E-state index contributed by atoms with van der Waals surface area (Å²) < 4.78 is 11.8. The lowest BCUT2D eigenvalue weighted by Gasteiger charge is -2.15. The molecule has 0 bridgehead atoms. The standard InChI is InChI=1S/C26H25NO2/c1-2-28-26-17-21(15-16-25(26)29-19-20-9-4-3-5-10-20)18-27-24-14-8-12-22-11-6-7-13-23(22)24/h3-17,27H,2,18-19H2,1H3. The van der Waals surface area contributed by atoms with Crippen molar-refractivity contribution < 1.29 is 9.47 Å². The molecule has 4 rings (SSSR count). The normalized spacial score (nSPS) is 10.7. The van der Waals surface area contributed by atoms with E-state index in [4.69, 9.17) is 9.47 Å². The number of anilines is 1. The maximum atomic E-state index is 6.01. The van der Waals surface area contributed by atoms with Gasteiger partial charge in [-0.1, -0.05) is 72.8 Å². The van der Waals surface area contributed by atoms with Gasteiger partial charge in [-0.15, -0.1) is 0 Å².